The van der Waals surface area contributed by atoms with Gasteiger partial charge >= 0.3 is 5.97 Å². The number of sulfonamides is 1. The van der Waals surface area contributed by atoms with Gasteiger partial charge in [0.05, 0.1) is 11.3 Å². The van der Waals surface area contributed by atoms with E-state index in [1.54, 1.807) is 13.8 Å². The molecule has 0 spiro atoms. The highest BCUT2D eigenvalue weighted by molar-refractivity contribution is 9.10. The van der Waals surface area contributed by atoms with Crippen molar-refractivity contribution in [3.8, 4) is 0 Å². The van der Waals surface area contributed by atoms with Crippen molar-refractivity contribution in [1.82, 2.24) is 5.16 Å². The zero-order valence-electron chi connectivity index (χ0n) is 11.0. The maximum atomic E-state index is 12.3. The summed E-state index contributed by atoms with van der Waals surface area (Å²) >= 11 is 3.06. The maximum absolute atomic E-state index is 12.3. The van der Waals surface area contributed by atoms with Crippen molar-refractivity contribution >= 4 is 37.8 Å². The number of rotatable bonds is 4. The van der Waals surface area contributed by atoms with Crippen LogP contribution in [0.3, 0.4) is 0 Å². The van der Waals surface area contributed by atoms with Crippen LogP contribution in [0.5, 0.6) is 0 Å². The summed E-state index contributed by atoms with van der Waals surface area (Å²) in [5, 5.41) is 12.5. The molecule has 0 aliphatic heterocycles. The molecule has 0 saturated carbocycles. The van der Waals surface area contributed by atoms with Gasteiger partial charge in [-0.05, 0) is 48.0 Å². The van der Waals surface area contributed by atoms with Crippen LogP contribution in [-0.2, 0) is 10.0 Å². The molecule has 0 aliphatic rings. The van der Waals surface area contributed by atoms with Crippen LogP contribution < -0.4 is 4.72 Å². The first-order valence-corrected chi connectivity index (χ1v) is 7.98. The molecule has 21 heavy (non-hydrogen) atoms. The zero-order valence-corrected chi connectivity index (χ0v) is 13.4. The third-order valence-corrected chi connectivity index (χ3v) is 5.16. The van der Waals surface area contributed by atoms with Gasteiger partial charge in [0.25, 0.3) is 10.0 Å². The lowest BCUT2D eigenvalue weighted by Gasteiger charge is -2.08. The smallest absolute Gasteiger partial charge is 0.335 e. The first kappa shape index (κ1) is 15.5. The summed E-state index contributed by atoms with van der Waals surface area (Å²) in [6.07, 6.45) is 0. The number of carboxylic acid groups (broad SMARTS) is 1. The van der Waals surface area contributed by atoms with E-state index in [2.05, 4.69) is 25.8 Å². The average molecular weight is 375 g/mol. The molecule has 0 unspecified atom stereocenters. The largest absolute Gasteiger partial charge is 0.478 e. The Morgan fingerprint density at radius 3 is 2.52 bits per heavy atom. The Labute approximate surface area is 129 Å². The minimum Gasteiger partial charge on any atom is -0.478 e. The number of hydrogen-bond acceptors (Lipinski definition) is 5. The summed E-state index contributed by atoms with van der Waals surface area (Å²) < 4.78 is 31.9. The van der Waals surface area contributed by atoms with Gasteiger partial charge in [-0.25, -0.2) is 17.9 Å². The quantitative estimate of drug-likeness (QED) is 0.850. The van der Waals surface area contributed by atoms with Crippen LogP contribution >= 0.6 is 15.9 Å². The van der Waals surface area contributed by atoms with E-state index in [4.69, 9.17) is 9.63 Å². The molecule has 9 heteroatoms. The lowest BCUT2D eigenvalue weighted by atomic mass is 10.2. The molecule has 2 N–H and O–H groups in total. The first-order valence-electron chi connectivity index (χ1n) is 5.71. The van der Waals surface area contributed by atoms with E-state index in [1.807, 2.05) is 0 Å². The van der Waals surface area contributed by atoms with E-state index in [0.717, 1.165) is 0 Å². The molecule has 112 valence electrons. The minimum absolute atomic E-state index is 0.0208. The molecular formula is C12H11BrN2O5S. The fourth-order valence-corrected chi connectivity index (χ4v) is 3.66. The maximum Gasteiger partial charge on any atom is 0.335 e. The SMILES string of the molecule is Cc1noc(NS(=O)(=O)c2ccc(C(=O)O)cc2Br)c1C. The molecule has 1 heterocycles. The molecule has 1 aromatic heterocycles. The van der Waals surface area contributed by atoms with Crippen molar-refractivity contribution in [1.29, 1.82) is 0 Å². The number of nitrogens with one attached hydrogen (secondary N) is 1. The van der Waals surface area contributed by atoms with Crippen LogP contribution in [0.1, 0.15) is 21.6 Å². The van der Waals surface area contributed by atoms with Crippen molar-refractivity contribution < 1.29 is 22.8 Å². The molecule has 0 saturated heterocycles. The second-order valence-electron chi connectivity index (χ2n) is 4.28. The van der Waals surface area contributed by atoms with Crippen molar-refractivity contribution in [3.63, 3.8) is 0 Å². The van der Waals surface area contributed by atoms with E-state index in [0.29, 0.717) is 11.3 Å². The lowest BCUT2D eigenvalue weighted by molar-refractivity contribution is 0.0696. The molecule has 0 atom stereocenters. The summed E-state index contributed by atoms with van der Waals surface area (Å²) in [6.45, 7) is 3.36. The van der Waals surface area contributed by atoms with E-state index >= 15 is 0 Å². The fourth-order valence-electron chi connectivity index (χ4n) is 1.54. The summed E-state index contributed by atoms with van der Waals surface area (Å²) in [7, 11) is -3.92. The molecular weight excluding hydrogens is 364 g/mol. The monoisotopic (exact) mass is 374 g/mol. The predicted octanol–water partition coefficient (Wildman–Crippen LogP) is 2.55. The number of carboxylic acids is 1. The third-order valence-electron chi connectivity index (χ3n) is 2.85. The van der Waals surface area contributed by atoms with Gasteiger partial charge in [0.2, 0.25) is 5.88 Å². The molecule has 0 amide bonds. The second-order valence-corrected chi connectivity index (χ2v) is 6.78. The summed E-state index contributed by atoms with van der Waals surface area (Å²) in [5.41, 5.74) is 1.14. The Balaban J connectivity index is 2.40. The summed E-state index contributed by atoms with van der Waals surface area (Å²) in [5.74, 6) is -1.11. The molecule has 0 fully saturated rings. The third kappa shape index (κ3) is 3.08. The molecule has 0 aliphatic carbocycles. The number of benzene rings is 1. The molecule has 2 rings (SSSR count). The normalized spacial score (nSPS) is 11.4. The molecule has 0 radical (unpaired) electrons. The van der Waals surface area contributed by atoms with Gasteiger partial charge in [0.15, 0.2) is 0 Å². The topological polar surface area (TPSA) is 110 Å². The van der Waals surface area contributed by atoms with Crippen molar-refractivity contribution in [2.75, 3.05) is 4.72 Å². The van der Waals surface area contributed by atoms with Gasteiger partial charge in [-0.2, -0.15) is 0 Å². The minimum atomic E-state index is -3.92. The Kier molecular flexibility index (Phi) is 4.06. The van der Waals surface area contributed by atoms with Gasteiger partial charge in [-0.1, -0.05) is 5.16 Å². The van der Waals surface area contributed by atoms with Crippen molar-refractivity contribution in [2.24, 2.45) is 0 Å². The lowest BCUT2D eigenvalue weighted by Crippen LogP contribution is -2.14. The number of aromatic nitrogens is 1. The van der Waals surface area contributed by atoms with Crippen LogP contribution in [-0.4, -0.2) is 24.7 Å². The Morgan fingerprint density at radius 2 is 2.05 bits per heavy atom. The van der Waals surface area contributed by atoms with Crippen LogP contribution in [0.4, 0.5) is 5.88 Å². The average Bonchev–Trinajstić information content (AvgIpc) is 2.69. The van der Waals surface area contributed by atoms with Gasteiger partial charge in [-0.3, -0.25) is 0 Å². The number of halogens is 1. The highest BCUT2D eigenvalue weighted by Crippen LogP contribution is 2.27. The van der Waals surface area contributed by atoms with Gasteiger partial charge < -0.3 is 9.63 Å². The van der Waals surface area contributed by atoms with E-state index in [-0.39, 0.29) is 20.8 Å². The number of carbonyl (C=O) groups is 1. The Bertz CT molecular complexity index is 813. The van der Waals surface area contributed by atoms with Crippen LogP contribution in [0.2, 0.25) is 0 Å². The van der Waals surface area contributed by atoms with E-state index in [1.165, 1.54) is 18.2 Å². The number of nitrogens with zero attached hydrogens (tertiary/aromatic N) is 1. The van der Waals surface area contributed by atoms with Crippen molar-refractivity contribution in [3.05, 3.63) is 39.5 Å². The van der Waals surface area contributed by atoms with E-state index < -0.39 is 16.0 Å². The number of aryl methyl sites for hydroxylation is 1. The Hall–Kier alpha value is -1.87. The molecule has 1 aromatic carbocycles. The predicted molar refractivity (Wildman–Crippen MR) is 77.9 cm³/mol. The fraction of sp³-hybridized carbons (Fsp3) is 0.167. The van der Waals surface area contributed by atoms with Gasteiger partial charge in [0, 0.05) is 10.0 Å². The molecule has 7 nitrogen and oxygen atoms in total. The standard InChI is InChI=1S/C12H11BrN2O5S/c1-6-7(2)14-20-11(6)15-21(18,19)10-4-3-8(12(16)17)5-9(10)13/h3-5,15H,1-2H3,(H,16,17). The number of aromatic carboxylic acids is 1. The van der Waals surface area contributed by atoms with Crippen LogP contribution in [0.15, 0.2) is 32.1 Å². The summed E-state index contributed by atoms with van der Waals surface area (Å²) in [6, 6.07) is 3.63. The van der Waals surface area contributed by atoms with Gasteiger partial charge in [0.1, 0.15) is 4.90 Å². The van der Waals surface area contributed by atoms with Crippen LogP contribution in [0.25, 0.3) is 0 Å². The second kappa shape index (κ2) is 5.49. The molecule has 2 aromatic rings. The van der Waals surface area contributed by atoms with Crippen molar-refractivity contribution in [2.45, 2.75) is 18.7 Å². The Morgan fingerprint density at radius 1 is 1.38 bits per heavy atom. The van der Waals surface area contributed by atoms with E-state index in [9.17, 15) is 13.2 Å². The van der Waals surface area contributed by atoms with Crippen LogP contribution in [0, 0.1) is 13.8 Å². The van der Waals surface area contributed by atoms with Gasteiger partial charge in [-0.15, -0.1) is 0 Å². The zero-order chi connectivity index (χ0) is 15.8. The summed E-state index contributed by atoms with van der Waals surface area (Å²) in [4.78, 5) is 10.7. The number of hydrogen-bond donors (Lipinski definition) is 2. The number of anilines is 1. The highest BCUT2D eigenvalue weighted by Gasteiger charge is 2.22. The molecule has 0 bridgehead atoms. The first-order chi connectivity index (χ1) is 9.72. The highest BCUT2D eigenvalue weighted by atomic mass is 79.9.